The van der Waals surface area contributed by atoms with Crippen molar-refractivity contribution in [3.63, 3.8) is 0 Å². The van der Waals surface area contributed by atoms with Gasteiger partial charge in [-0.3, -0.25) is 4.79 Å². The molecular weight excluding hydrogens is 344 g/mol. The molecule has 6 heteroatoms. The summed E-state index contributed by atoms with van der Waals surface area (Å²) >= 11 is 0. The largest absolute Gasteiger partial charge is 0.493 e. The summed E-state index contributed by atoms with van der Waals surface area (Å²) in [6, 6.07) is 6.00. The fraction of sp³-hybridized carbons (Fsp3) is 0.619. The minimum atomic E-state index is -0.503. The number of rotatable bonds is 5. The molecule has 0 saturated carbocycles. The van der Waals surface area contributed by atoms with Crippen molar-refractivity contribution in [3.05, 3.63) is 29.3 Å². The van der Waals surface area contributed by atoms with E-state index in [2.05, 4.69) is 12.2 Å². The highest BCUT2D eigenvalue weighted by molar-refractivity contribution is 5.76. The molecule has 1 aromatic carbocycles. The van der Waals surface area contributed by atoms with Gasteiger partial charge < -0.3 is 19.7 Å². The van der Waals surface area contributed by atoms with Crippen LogP contribution in [-0.4, -0.2) is 48.2 Å². The van der Waals surface area contributed by atoms with Crippen molar-refractivity contribution >= 4 is 12.0 Å². The van der Waals surface area contributed by atoms with Gasteiger partial charge in [-0.25, -0.2) is 4.79 Å². The van der Waals surface area contributed by atoms with Crippen molar-refractivity contribution in [1.82, 2.24) is 10.2 Å². The molecule has 2 rings (SSSR count). The Balaban J connectivity index is 1.68. The van der Waals surface area contributed by atoms with Gasteiger partial charge in [0, 0.05) is 19.1 Å². The van der Waals surface area contributed by atoms with Crippen LogP contribution < -0.4 is 10.1 Å². The number of amides is 2. The van der Waals surface area contributed by atoms with Crippen molar-refractivity contribution < 1.29 is 19.1 Å². The molecular formula is C21H32N2O4. The minimum Gasteiger partial charge on any atom is -0.493 e. The third-order valence-corrected chi connectivity index (χ3v) is 4.63. The van der Waals surface area contributed by atoms with Crippen molar-refractivity contribution in [3.8, 4) is 5.75 Å². The summed E-state index contributed by atoms with van der Waals surface area (Å²) in [6.45, 7) is 11.3. The predicted octanol–water partition coefficient (Wildman–Crippen LogP) is 3.59. The molecule has 0 unspecified atom stereocenters. The molecule has 0 aliphatic carbocycles. The maximum absolute atomic E-state index is 12.4. The van der Waals surface area contributed by atoms with Crippen LogP contribution in [0.3, 0.4) is 0 Å². The van der Waals surface area contributed by atoms with Crippen LogP contribution in [0.1, 0.15) is 51.2 Å². The maximum Gasteiger partial charge on any atom is 0.407 e. The second-order valence-corrected chi connectivity index (χ2v) is 8.15. The molecule has 0 aromatic heterocycles. The van der Waals surface area contributed by atoms with Gasteiger partial charge in [0.25, 0.3) is 0 Å². The molecule has 150 valence electrons. The van der Waals surface area contributed by atoms with E-state index >= 15 is 0 Å². The standard InChI is InChI=1S/C21H32N2O4/c1-15-6-7-18(14-16(15)2)26-13-10-19(24)23-11-8-17(9-12-23)22-20(25)27-21(3,4)5/h6-7,14,17H,8-13H2,1-5H3,(H,22,25). The van der Waals surface area contributed by atoms with Crippen LogP contribution in [0.15, 0.2) is 18.2 Å². The smallest absolute Gasteiger partial charge is 0.407 e. The van der Waals surface area contributed by atoms with Gasteiger partial charge in [0.2, 0.25) is 5.91 Å². The fourth-order valence-electron chi connectivity index (χ4n) is 2.97. The lowest BCUT2D eigenvalue weighted by Gasteiger charge is -2.33. The average molecular weight is 376 g/mol. The number of benzene rings is 1. The lowest BCUT2D eigenvalue weighted by atomic mass is 10.0. The topological polar surface area (TPSA) is 67.9 Å². The van der Waals surface area contributed by atoms with Crippen LogP contribution in [0.5, 0.6) is 5.75 Å². The molecule has 1 N–H and O–H groups in total. The van der Waals surface area contributed by atoms with E-state index in [1.807, 2.05) is 50.8 Å². The predicted molar refractivity (Wildman–Crippen MR) is 105 cm³/mol. The molecule has 1 aromatic rings. The Morgan fingerprint density at radius 1 is 1.15 bits per heavy atom. The van der Waals surface area contributed by atoms with Crippen LogP contribution in [-0.2, 0) is 9.53 Å². The molecule has 1 fully saturated rings. The van der Waals surface area contributed by atoms with Crippen molar-refractivity contribution in [2.45, 2.75) is 65.5 Å². The van der Waals surface area contributed by atoms with Crippen LogP contribution in [0.25, 0.3) is 0 Å². The maximum atomic E-state index is 12.4. The van der Waals surface area contributed by atoms with Gasteiger partial charge >= 0.3 is 6.09 Å². The summed E-state index contributed by atoms with van der Waals surface area (Å²) in [5.41, 5.74) is 1.90. The Morgan fingerprint density at radius 3 is 2.41 bits per heavy atom. The number of aryl methyl sites for hydroxylation is 2. The minimum absolute atomic E-state index is 0.0516. The molecule has 1 aliphatic heterocycles. The van der Waals surface area contributed by atoms with E-state index < -0.39 is 11.7 Å². The molecule has 1 saturated heterocycles. The summed E-state index contributed by atoms with van der Waals surface area (Å²) < 4.78 is 11.0. The van der Waals surface area contributed by atoms with Crippen molar-refractivity contribution in [2.75, 3.05) is 19.7 Å². The zero-order chi connectivity index (χ0) is 20.0. The van der Waals surface area contributed by atoms with Crippen LogP contribution in [0.4, 0.5) is 4.79 Å². The Bertz CT molecular complexity index is 659. The average Bonchev–Trinajstić information content (AvgIpc) is 2.57. The highest BCUT2D eigenvalue weighted by atomic mass is 16.6. The second kappa shape index (κ2) is 9.11. The molecule has 0 bridgehead atoms. The van der Waals surface area contributed by atoms with Gasteiger partial charge in [-0.1, -0.05) is 6.07 Å². The first-order valence-corrected chi connectivity index (χ1v) is 9.61. The van der Waals surface area contributed by atoms with Crippen LogP contribution in [0.2, 0.25) is 0 Å². The number of likely N-dealkylation sites (tertiary alicyclic amines) is 1. The first-order chi connectivity index (χ1) is 12.6. The van der Waals surface area contributed by atoms with E-state index in [4.69, 9.17) is 9.47 Å². The van der Waals surface area contributed by atoms with E-state index in [1.54, 1.807) is 0 Å². The lowest BCUT2D eigenvalue weighted by Crippen LogP contribution is -2.47. The third-order valence-electron chi connectivity index (χ3n) is 4.63. The molecule has 0 spiro atoms. The quantitative estimate of drug-likeness (QED) is 0.853. The molecule has 2 amide bonds. The van der Waals surface area contributed by atoms with Gasteiger partial charge in [-0.05, 0) is 70.7 Å². The number of hydrogen-bond donors (Lipinski definition) is 1. The van der Waals surface area contributed by atoms with Gasteiger partial charge in [-0.2, -0.15) is 0 Å². The summed E-state index contributed by atoms with van der Waals surface area (Å²) in [4.78, 5) is 26.0. The molecule has 27 heavy (non-hydrogen) atoms. The van der Waals surface area contributed by atoms with E-state index in [9.17, 15) is 9.59 Å². The number of ether oxygens (including phenoxy) is 2. The summed E-state index contributed by atoms with van der Waals surface area (Å²) in [5, 5.41) is 2.89. The van der Waals surface area contributed by atoms with E-state index in [0.717, 1.165) is 18.6 Å². The zero-order valence-electron chi connectivity index (χ0n) is 17.1. The number of nitrogens with zero attached hydrogens (tertiary/aromatic N) is 1. The second-order valence-electron chi connectivity index (χ2n) is 8.15. The molecule has 0 radical (unpaired) electrons. The normalized spacial score (nSPS) is 15.4. The van der Waals surface area contributed by atoms with Crippen molar-refractivity contribution in [1.29, 1.82) is 0 Å². The van der Waals surface area contributed by atoms with Crippen molar-refractivity contribution in [2.24, 2.45) is 0 Å². The van der Waals surface area contributed by atoms with Crippen LogP contribution in [0, 0.1) is 13.8 Å². The Kier molecular flexibility index (Phi) is 7.11. The Labute approximate surface area is 162 Å². The van der Waals surface area contributed by atoms with E-state index in [1.165, 1.54) is 11.1 Å². The van der Waals surface area contributed by atoms with Crippen LogP contribution >= 0.6 is 0 Å². The summed E-state index contributed by atoms with van der Waals surface area (Å²) in [7, 11) is 0. The number of alkyl carbamates (subject to hydrolysis) is 1. The van der Waals surface area contributed by atoms with Gasteiger partial charge in [-0.15, -0.1) is 0 Å². The summed E-state index contributed by atoms with van der Waals surface area (Å²) in [5.74, 6) is 0.890. The lowest BCUT2D eigenvalue weighted by molar-refractivity contribution is -0.132. The summed E-state index contributed by atoms with van der Waals surface area (Å²) in [6.07, 6.45) is 1.44. The number of piperidine rings is 1. The first kappa shape index (κ1) is 21.1. The molecule has 0 atom stereocenters. The first-order valence-electron chi connectivity index (χ1n) is 9.61. The van der Waals surface area contributed by atoms with Gasteiger partial charge in [0.1, 0.15) is 11.4 Å². The molecule has 1 aliphatic rings. The van der Waals surface area contributed by atoms with Gasteiger partial charge in [0.05, 0.1) is 13.0 Å². The Morgan fingerprint density at radius 2 is 1.81 bits per heavy atom. The Hall–Kier alpha value is -2.24. The number of nitrogens with one attached hydrogen (secondary N) is 1. The third kappa shape index (κ3) is 7.12. The van der Waals surface area contributed by atoms with E-state index in [-0.39, 0.29) is 11.9 Å². The number of carbonyl (C=O) groups is 2. The zero-order valence-corrected chi connectivity index (χ0v) is 17.1. The number of carbonyl (C=O) groups excluding carboxylic acids is 2. The highest BCUT2D eigenvalue weighted by Crippen LogP contribution is 2.17. The fourth-order valence-corrected chi connectivity index (χ4v) is 2.97. The monoisotopic (exact) mass is 376 g/mol. The van der Waals surface area contributed by atoms with Gasteiger partial charge in [0.15, 0.2) is 0 Å². The number of hydrogen-bond acceptors (Lipinski definition) is 4. The highest BCUT2D eigenvalue weighted by Gasteiger charge is 2.25. The molecule has 6 nitrogen and oxygen atoms in total. The molecule has 1 heterocycles. The SMILES string of the molecule is Cc1ccc(OCCC(=O)N2CCC(NC(=O)OC(C)(C)C)CC2)cc1C. The van der Waals surface area contributed by atoms with E-state index in [0.29, 0.717) is 26.1 Å².